The van der Waals surface area contributed by atoms with Gasteiger partial charge in [0.15, 0.2) is 5.65 Å². The van der Waals surface area contributed by atoms with Crippen LogP contribution in [0.4, 0.5) is 0 Å². The molecular weight excluding hydrogens is 490 g/mol. The molecule has 3 aromatic carbocycles. The Morgan fingerprint density at radius 1 is 0.944 bits per heavy atom. The van der Waals surface area contributed by atoms with Gasteiger partial charge in [0.25, 0.3) is 0 Å². The Morgan fingerprint density at radius 2 is 1.69 bits per heavy atom. The number of benzene rings is 3. The fourth-order valence-electron chi connectivity index (χ4n) is 4.54. The number of aromatic nitrogens is 4. The van der Waals surface area contributed by atoms with E-state index < -0.39 is 15.9 Å². The summed E-state index contributed by atoms with van der Waals surface area (Å²) in [6.07, 6.45) is 0. The van der Waals surface area contributed by atoms with Gasteiger partial charge in [-0.3, -0.25) is 0 Å². The summed E-state index contributed by atoms with van der Waals surface area (Å²) in [6.45, 7) is 4.13. The molecule has 0 saturated carbocycles. The lowest BCUT2D eigenvalue weighted by Crippen LogP contribution is -2.15. The van der Waals surface area contributed by atoms with Crippen LogP contribution in [0.5, 0.6) is 0 Å². The smallest absolute Gasteiger partial charge is 0.229 e. The first-order valence-electron chi connectivity index (χ1n) is 11.6. The molecule has 0 amide bonds. The normalized spacial score (nSPS) is 13.2. The molecule has 6 aromatic rings. The Bertz CT molecular complexity index is 1850. The van der Waals surface area contributed by atoms with Crippen LogP contribution in [0, 0.1) is 0 Å². The van der Waals surface area contributed by atoms with Crippen molar-refractivity contribution in [3.8, 4) is 0 Å². The van der Waals surface area contributed by atoms with Crippen molar-refractivity contribution in [1.29, 1.82) is 0 Å². The highest BCUT2D eigenvalue weighted by Gasteiger charge is 2.29. The van der Waals surface area contributed by atoms with Gasteiger partial charge in [-0.15, -0.1) is 16.4 Å². The van der Waals surface area contributed by atoms with Crippen LogP contribution in [0.1, 0.15) is 42.6 Å². The second-order valence-electron chi connectivity index (χ2n) is 9.04. The first-order valence-corrected chi connectivity index (χ1v) is 13.9. The van der Waals surface area contributed by atoms with E-state index in [0.717, 1.165) is 32.1 Å². The molecule has 2 N–H and O–H groups in total. The van der Waals surface area contributed by atoms with E-state index >= 15 is 0 Å². The van der Waals surface area contributed by atoms with E-state index in [1.807, 2.05) is 66.0 Å². The van der Waals surface area contributed by atoms with Gasteiger partial charge in [-0.1, -0.05) is 73.7 Å². The van der Waals surface area contributed by atoms with E-state index in [2.05, 4.69) is 24.2 Å². The van der Waals surface area contributed by atoms with Gasteiger partial charge in [0, 0.05) is 0 Å². The van der Waals surface area contributed by atoms with Crippen molar-refractivity contribution in [3.63, 3.8) is 0 Å². The lowest BCUT2D eigenvalue weighted by Gasteiger charge is -2.16. The minimum atomic E-state index is -3.95. The van der Waals surface area contributed by atoms with Crippen LogP contribution in [0.25, 0.3) is 26.6 Å². The Labute approximate surface area is 212 Å². The van der Waals surface area contributed by atoms with Crippen molar-refractivity contribution >= 4 is 47.8 Å². The number of rotatable bonds is 5. The number of nitrogens with zero attached hydrogens (tertiary/aromatic N) is 4. The Balaban J connectivity index is 1.55. The molecular formula is C27H23N5O2S2. The fraction of sp³-hybridized carbons (Fsp3) is 0.148. The van der Waals surface area contributed by atoms with Crippen LogP contribution >= 0.6 is 11.3 Å². The topological polar surface area (TPSA) is 103 Å². The summed E-state index contributed by atoms with van der Waals surface area (Å²) < 4.78 is 29.5. The zero-order valence-electron chi connectivity index (χ0n) is 19.7. The van der Waals surface area contributed by atoms with Crippen molar-refractivity contribution < 1.29 is 8.42 Å². The molecule has 3 aromatic heterocycles. The summed E-state index contributed by atoms with van der Waals surface area (Å²) in [5.74, 6) is 0.295. The number of thiophene rings is 1. The van der Waals surface area contributed by atoms with E-state index in [9.17, 15) is 8.42 Å². The highest BCUT2D eigenvalue weighted by molar-refractivity contribution is 7.91. The second kappa shape index (κ2) is 8.48. The van der Waals surface area contributed by atoms with Gasteiger partial charge < -0.3 is 5.73 Å². The maximum atomic E-state index is 13.6. The van der Waals surface area contributed by atoms with Gasteiger partial charge in [0.2, 0.25) is 14.9 Å². The molecule has 0 fully saturated rings. The molecule has 1 atom stereocenters. The zero-order chi connectivity index (χ0) is 25.0. The Morgan fingerprint density at radius 3 is 2.47 bits per heavy atom. The summed E-state index contributed by atoms with van der Waals surface area (Å²) in [6, 6.07) is 22.2. The van der Waals surface area contributed by atoms with Crippen molar-refractivity contribution in [2.24, 2.45) is 5.73 Å². The van der Waals surface area contributed by atoms with Gasteiger partial charge in [-0.2, -0.15) is 4.52 Å². The summed E-state index contributed by atoms with van der Waals surface area (Å²) in [7, 11) is -3.95. The summed E-state index contributed by atoms with van der Waals surface area (Å²) in [4.78, 5) is 4.95. The lowest BCUT2D eigenvalue weighted by molar-refractivity contribution is 0.592. The lowest BCUT2D eigenvalue weighted by atomic mass is 9.97. The highest BCUT2D eigenvalue weighted by Crippen LogP contribution is 2.35. The molecule has 3 heterocycles. The van der Waals surface area contributed by atoms with Gasteiger partial charge in [0.1, 0.15) is 0 Å². The van der Waals surface area contributed by atoms with Crippen LogP contribution in [0.2, 0.25) is 0 Å². The molecule has 36 heavy (non-hydrogen) atoms. The largest absolute Gasteiger partial charge is 0.319 e. The zero-order valence-corrected chi connectivity index (χ0v) is 21.3. The minimum Gasteiger partial charge on any atom is -0.319 e. The molecule has 1 unspecified atom stereocenters. The molecule has 0 bridgehead atoms. The van der Waals surface area contributed by atoms with Gasteiger partial charge in [-0.05, 0) is 51.4 Å². The third kappa shape index (κ3) is 3.50. The molecule has 0 aliphatic heterocycles. The molecule has 0 radical (unpaired) electrons. The van der Waals surface area contributed by atoms with Gasteiger partial charge in [0.05, 0.1) is 26.8 Å². The standard InChI is InChI=1S/C27H23N5O2S2/c1-16(2)17-10-12-19(13-11-17)36(33,34)27-26-29-24(25-22(14-15-35-25)32(26)31-30-27)23(28)21-9-5-7-18-6-3-4-8-20(18)21/h3-16,23H,28H2,1-2H3. The molecule has 0 saturated heterocycles. The maximum absolute atomic E-state index is 13.6. The Hall–Kier alpha value is -3.66. The van der Waals surface area contributed by atoms with Crippen LogP contribution in [-0.2, 0) is 9.84 Å². The summed E-state index contributed by atoms with van der Waals surface area (Å²) in [5.41, 5.74) is 10.3. The van der Waals surface area contributed by atoms with Crippen LogP contribution < -0.4 is 5.73 Å². The SMILES string of the molecule is CC(C)c1ccc(S(=O)(=O)c2nnn3c2nc(C(N)c2cccc4ccccc24)c2sccc23)cc1. The number of hydrogen-bond donors (Lipinski definition) is 1. The molecule has 9 heteroatoms. The average molecular weight is 514 g/mol. The minimum absolute atomic E-state index is 0.154. The van der Waals surface area contributed by atoms with E-state index in [0.29, 0.717) is 11.6 Å². The third-order valence-electron chi connectivity index (χ3n) is 6.51. The Kier molecular flexibility index (Phi) is 5.36. The second-order valence-corrected chi connectivity index (χ2v) is 11.8. The van der Waals surface area contributed by atoms with Crippen molar-refractivity contribution in [1.82, 2.24) is 19.8 Å². The molecule has 6 rings (SSSR count). The predicted molar refractivity (Wildman–Crippen MR) is 142 cm³/mol. The first-order chi connectivity index (χ1) is 17.4. The quantitative estimate of drug-likeness (QED) is 0.327. The number of fused-ring (bicyclic) bond motifs is 4. The maximum Gasteiger partial charge on any atom is 0.229 e. The summed E-state index contributed by atoms with van der Waals surface area (Å²) >= 11 is 1.49. The van der Waals surface area contributed by atoms with Crippen molar-refractivity contribution in [2.75, 3.05) is 0 Å². The third-order valence-corrected chi connectivity index (χ3v) is 9.11. The monoisotopic (exact) mass is 513 g/mol. The molecule has 0 aliphatic rings. The average Bonchev–Trinajstić information content (AvgIpc) is 3.55. The van der Waals surface area contributed by atoms with E-state index in [1.165, 1.54) is 15.9 Å². The number of sulfone groups is 1. The van der Waals surface area contributed by atoms with E-state index in [-0.39, 0.29) is 15.6 Å². The number of hydrogen-bond acceptors (Lipinski definition) is 7. The van der Waals surface area contributed by atoms with Crippen LogP contribution in [-0.4, -0.2) is 28.2 Å². The van der Waals surface area contributed by atoms with Crippen molar-refractivity contribution in [2.45, 2.75) is 35.7 Å². The molecule has 7 nitrogen and oxygen atoms in total. The highest BCUT2D eigenvalue weighted by atomic mass is 32.2. The van der Waals surface area contributed by atoms with Crippen LogP contribution in [0.3, 0.4) is 0 Å². The molecule has 0 aliphatic carbocycles. The van der Waals surface area contributed by atoms with E-state index in [4.69, 9.17) is 10.7 Å². The van der Waals surface area contributed by atoms with Crippen LogP contribution in [0.15, 0.2) is 88.1 Å². The van der Waals surface area contributed by atoms with E-state index in [1.54, 1.807) is 12.1 Å². The fourth-order valence-corrected chi connectivity index (χ4v) is 6.68. The predicted octanol–water partition coefficient (Wildman–Crippen LogP) is 5.50. The molecule has 0 spiro atoms. The summed E-state index contributed by atoms with van der Waals surface area (Å²) in [5, 5.41) is 12.1. The first kappa shape index (κ1) is 22.8. The van der Waals surface area contributed by atoms with Gasteiger partial charge in [-0.25, -0.2) is 13.4 Å². The van der Waals surface area contributed by atoms with Crippen molar-refractivity contribution in [3.05, 3.63) is 95.0 Å². The molecule has 180 valence electrons. The van der Waals surface area contributed by atoms with Gasteiger partial charge >= 0.3 is 0 Å². The number of nitrogens with two attached hydrogens (primary N) is 1.